The van der Waals surface area contributed by atoms with Crippen molar-refractivity contribution in [2.75, 3.05) is 13.7 Å². The summed E-state index contributed by atoms with van der Waals surface area (Å²) in [5.41, 5.74) is 0.494. The lowest BCUT2D eigenvalue weighted by Gasteiger charge is -2.12. The third-order valence-electron chi connectivity index (χ3n) is 2.73. The number of amides is 2. The fourth-order valence-electron chi connectivity index (χ4n) is 1.78. The van der Waals surface area contributed by atoms with E-state index >= 15 is 0 Å². The minimum absolute atomic E-state index is 0.0370. The summed E-state index contributed by atoms with van der Waals surface area (Å²) in [7, 11) is 1.55. The van der Waals surface area contributed by atoms with Gasteiger partial charge in [-0.1, -0.05) is 0 Å². The lowest BCUT2D eigenvalue weighted by atomic mass is 10.1. The van der Waals surface area contributed by atoms with Crippen LogP contribution < -0.4 is 15.4 Å². The van der Waals surface area contributed by atoms with Crippen molar-refractivity contribution in [2.45, 2.75) is 12.5 Å². The first-order valence-corrected chi connectivity index (χ1v) is 6.30. The van der Waals surface area contributed by atoms with Gasteiger partial charge in [-0.2, -0.15) is 0 Å². The van der Waals surface area contributed by atoms with E-state index in [0.717, 1.165) is 0 Å². The number of hydrogen-bond acceptors (Lipinski definition) is 3. The maximum atomic E-state index is 12.1. The molecule has 5 nitrogen and oxygen atoms in total. The van der Waals surface area contributed by atoms with Crippen LogP contribution in [0.15, 0.2) is 22.7 Å². The zero-order valence-corrected chi connectivity index (χ0v) is 11.4. The highest BCUT2D eigenvalue weighted by Gasteiger charge is 2.24. The summed E-state index contributed by atoms with van der Waals surface area (Å²) in [6.45, 7) is 0.478. The molecule has 1 heterocycles. The summed E-state index contributed by atoms with van der Waals surface area (Å²) in [6.07, 6.45) is 0.327. The molecule has 0 aromatic heterocycles. The van der Waals surface area contributed by atoms with Crippen molar-refractivity contribution in [3.05, 3.63) is 28.2 Å². The van der Waals surface area contributed by atoms with Gasteiger partial charge in [0.15, 0.2) is 0 Å². The van der Waals surface area contributed by atoms with Crippen molar-refractivity contribution in [2.24, 2.45) is 0 Å². The number of nitrogens with one attached hydrogen (secondary N) is 2. The zero-order chi connectivity index (χ0) is 13.1. The monoisotopic (exact) mass is 312 g/mol. The van der Waals surface area contributed by atoms with E-state index < -0.39 is 0 Å². The molecular formula is C12H13BrN2O3. The van der Waals surface area contributed by atoms with E-state index in [1.54, 1.807) is 25.3 Å². The minimum atomic E-state index is -0.220. The van der Waals surface area contributed by atoms with E-state index in [1.165, 1.54) is 0 Å². The first-order chi connectivity index (χ1) is 8.60. The summed E-state index contributed by atoms with van der Waals surface area (Å²) >= 11 is 3.32. The third-order valence-corrected chi connectivity index (χ3v) is 3.42. The molecule has 0 saturated carbocycles. The molecule has 0 aliphatic carbocycles. The highest BCUT2D eigenvalue weighted by Crippen LogP contribution is 2.22. The molecule has 1 fully saturated rings. The van der Waals surface area contributed by atoms with Gasteiger partial charge in [-0.15, -0.1) is 0 Å². The lowest BCUT2D eigenvalue weighted by Crippen LogP contribution is -2.36. The molecule has 96 valence electrons. The van der Waals surface area contributed by atoms with Crippen LogP contribution in [0.3, 0.4) is 0 Å². The molecule has 1 aromatic rings. The number of carbonyl (C=O) groups is 2. The van der Waals surface area contributed by atoms with Gasteiger partial charge < -0.3 is 15.4 Å². The first-order valence-electron chi connectivity index (χ1n) is 5.51. The second-order valence-corrected chi connectivity index (χ2v) is 4.88. The molecule has 1 aliphatic heterocycles. The maximum Gasteiger partial charge on any atom is 0.252 e. The molecule has 1 aliphatic rings. The molecule has 18 heavy (non-hydrogen) atoms. The van der Waals surface area contributed by atoms with Crippen LogP contribution in [-0.2, 0) is 4.79 Å². The third kappa shape index (κ3) is 2.81. The van der Waals surface area contributed by atoms with E-state index in [4.69, 9.17) is 4.74 Å². The smallest absolute Gasteiger partial charge is 0.252 e. The molecule has 0 bridgehead atoms. The van der Waals surface area contributed by atoms with Gasteiger partial charge in [0.2, 0.25) is 5.91 Å². The van der Waals surface area contributed by atoms with Crippen LogP contribution in [0.1, 0.15) is 16.8 Å². The van der Waals surface area contributed by atoms with Crippen LogP contribution in [0, 0.1) is 0 Å². The lowest BCUT2D eigenvalue weighted by molar-refractivity contribution is -0.119. The van der Waals surface area contributed by atoms with E-state index in [9.17, 15) is 9.59 Å². The van der Waals surface area contributed by atoms with E-state index in [2.05, 4.69) is 26.6 Å². The van der Waals surface area contributed by atoms with Crippen molar-refractivity contribution in [3.8, 4) is 5.75 Å². The van der Waals surface area contributed by atoms with E-state index in [-0.39, 0.29) is 17.9 Å². The number of halogens is 1. The quantitative estimate of drug-likeness (QED) is 0.877. The Morgan fingerprint density at radius 3 is 2.94 bits per heavy atom. The molecule has 1 unspecified atom stereocenters. The molecule has 0 spiro atoms. The summed E-state index contributed by atoms with van der Waals surface area (Å²) in [5, 5.41) is 5.48. The Morgan fingerprint density at radius 1 is 1.56 bits per heavy atom. The average Bonchev–Trinajstić information content (AvgIpc) is 2.75. The molecule has 2 N–H and O–H groups in total. The van der Waals surface area contributed by atoms with Crippen molar-refractivity contribution >= 4 is 27.7 Å². The van der Waals surface area contributed by atoms with Crippen LogP contribution in [0.5, 0.6) is 5.75 Å². The Morgan fingerprint density at radius 2 is 2.33 bits per heavy atom. The number of hydrogen-bond donors (Lipinski definition) is 2. The van der Waals surface area contributed by atoms with Crippen LogP contribution in [-0.4, -0.2) is 31.5 Å². The minimum Gasteiger partial charge on any atom is -0.497 e. The van der Waals surface area contributed by atoms with Gasteiger partial charge in [-0.05, 0) is 34.1 Å². The summed E-state index contributed by atoms with van der Waals surface area (Å²) in [4.78, 5) is 23.1. The average molecular weight is 313 g/mol. The van der Waals surface area contributed by atoms with Crippen LogP contribution in [0.4, 0.5) is 0 Å². The number of ether oxygens (including phenoxy) is 1. The van der Waals surface area contributed by atoms with Gasteiger partial charge in [0.1, 0.15) is 5.75 Å². The van der Waals surface area contributed by atoms with Gasteiger partial charge in [0.05, 0.1) is 18.7 Å². The van der Waals surface area contributed by atoms with Gasteiger partial charge in [0.25, 0.3) is 5.91 Å². The molecule has 1 aromatic carbocycles. The summed E-state index contributed by atoms with van der Waals surface area (Å²) in [5.74, 6) is 0.358. The number of rotatable bonds is 3. The highest BCUT2D eigenvalue weighted by molar-refractivity contribution is 9.10. The summed E-state index contributed by atoms with van der Waals surface area (Å²) < 4.78 is 5.77. The Bertz CT molecular complexity index is 490. The van der Waals surface area contributed by atoms with E-state index in [0.29, 0.717) is 28.8 Å². The molecule has 2 amide bonds. The Kier molecular flexibility index (Phi) is 3.86. The van der Waals surface area contributed by atoms with Crippen LogP contribution >= 0.6 is 15.9 Å². The topological polar surface area (TPSA) is 67.4 Å². The fraction of sp³-hybridized carbons (Fsp3) is 0.333. The maximum absolute atomic E-state index is 12.1. The standard InChI is InChI=1S/C12H13BrN2O3/c1-18-8-2-3-10(13)9(5-8)12(17)15-7-4-11(16)14-6-7/h2-3,5,7H,4,6H2,1H3,(H,14,16)(H,15,17). The molecule has 6 heteroatoms. The zero-order valence-electron chi connectivity index (χ0n) is 9.83. The molecule has 0 radical (unpaired) electrons. The largest absolute Gasteiger partial charge is 0.497 e. The number of carbonyl (C=O) groups excluding carboxylic acids is 2. The van der Waals surface area contributed by atoms with Gasteiger partial charge in [-0.25, -0.2) is 0 Å². The van der Waals surface area contributed by atoms with Crippen molar-refractivity contribution in [1.82, 2.24) is 10.6 Å². The van der Waals surface area contributed by atoms with Gasteiger partial charge in [0, 0.05) is 17.4 Å². The summed E-state index contributed by atoms with van der Waals surface area (Å²) in [6, 6.07) is 5.03. The van der Waals surface area contributed by atoms with Gasteiger partial charge >= 0.3 is 0 Å². The predicted octanol–water partition coefficient (Wildman–Crippen LogP) is 1.08. The SMILES string of the molecule is COc1ccc(Br)c(C(=O)NC2CNC(=O)C2)c1. The van der Waals surface area contributed by atoms with Crippen molar-refractivity contribution in [3.63, 3.8) is 0 Å². The number of benzene rings is 1. The predicted molar refractivity (Wildman–Crippen MR) is 69.6 cm³/mol. The van der Waals surface area contributed by atoms with Gasteiger partial charge in [-0.3, -0.25) is 9.59 Å². The van der Waals surface area contributed by atoms with Crippen LogP contribution in [0.2, 0.25) is 0 Å². The second kappa shape index (κ2) is 5.39. The molecule has 2 rings (SSSR count). The number of methoxy groups -OCH3 is 1. The Labute approximate surface area is 113 Å². The normalized spacial score (nSPS) is 18.3. The van der Waals surface area contributed by atoms with Crippen LogP contribution in [0.25, 0.3) is 0 Å². The van der Waals surface area contributed by atoms with Crippen molar-refractivity contribution < 1.29 is 14.3 Å². The second-order valence-electron chi connectivity index (χ2n) is 4.02. The first kappa shape index (κ1) is 12.9. The van der Waals surface area contributed by atoms with Crippen molar-refractivity contribution in [1.29, 1.82) is 0 Å². The molecular weight excluding hydrogens is 300 g/mol. The molecule has 1 atom stereocenters. The molecule has 1 saturated heterocycles. The Balaban J connectivity index is 2.10. The Hall–Kier alpha value is -1.56. The van der Waals surface area contributed by atoms with E-state index in [1.807, 2.05) is 0 Å². The highest BCUT2D eigenvalue weighted by atomic mass is 79.9. The fourth-order valence-corrected chi connectivity index (χ4v) is 2.20.